The fourth-order valence-corrected chi connectivity index (χ4v) is 2.65. The van der Waals surface area contributed by atoms with Gasteiger partial charge in [0.1, 0.15) is 11.7 Å². The lowest BCUT2D eigenvalue weighted by atomic mass is 10.2. The van der Waals surface area contributed by atoms with Crippen LogP contribution in [-0.4, -0.2) is 42.9 Å². The summed E-state index contributed by atoms with van der Waals surface area (Å²) in [5.41, 5.74) is 1.42. The summed E-state index contributed by atoms with van der Waals surface area (Å²) in [4.78, 5) is 28.1. The normalized spacial score (nSPS) is 17.3. The number of hydrogen-bond donors (Lipinski definition) is 1. The summed E-state index contributed by atoms with van der Waals surface area (Å²) in [5, 5.41) is 8.86. The number of nitrogens with one attached hydrogen (secondary N) is 1. The van der Waals surface area contributed by atoms with E-state index in [0.29, 0.717) is 23.5 Å². The Hall–Kier alpha value is -3.47. The minimum Gasteiger partial charge on any atom is -0.484 e. The molecule has 1 N–H and O–H groups in total. The molecule has 1 aromatic heterocycles. The summed E-state index contributed by atoms with van der Waals surface area (Å²) in [5.74, 6) is -0.187. The molecule has 26 heavy (non-hydrogen) atoms. The van der Waals surface area contributed by atoms with Crippen molar-refractivity contribution in [3.8, 4) is 11.8 Å². The smallest absolute Gasteiger partial charge is 0.414 e. The Kier molecular flexibility index (Phi) is 4.80. The predicted octanol–water partition coefficient (Wildman–Crippen LogP) is 2.47. The molecule has 1 aliphatic heterocycles. The number of rotatable bonds is 5. The van der Waals surface area contributed by atoms with Crippen LogP contribution in [0.25, 0.3) is 0 Å². The number of methoxy groups -OCH3 is 1. The largest absolute Gasteiger partial charge is 0.484 e. The van der Waals surface area contributed by atoms with E-state index in [4.69, 9.17) is 19.5 Å². The lowest BCUT2D eigenvalue weighted by Gasteiger charge is -2.19. The Morgan fingerprint density at radius 1 is 1.38 bits per heavy atom. The highest BCUT2D eigenvalue weighted by Crippen LogP contribution is 2.26. The number of nitriles is 1. The molecule has 1 fully saturated rings. The van der Waals surface area contributed by atoms with Gasteiger partial charge < -0.3 is 19.2 Å². The van der Waals surface area contributed by atoms with Gasteiger partial charge >= 0.3 is 12.1 Å². The minimum absolute atomic E-state index is 0.271. The van der Waals surface area contributed by atoms with Crippen molar-refractivity contribution in [2.75, 3.05) is 18.6 Å². The first-order valence-electron chi connectivity index (χ1n) is 7.93. The summed E-state index contributed by atoms with van der Waals surface area (Å²) in [6, 6.07) is 8.69. The molecule has 0 spiro atoms. The van der Waals surface area contributed by atoms with Crippen LogP contribution in [-0.2, 0) is 9.47 Å². The zero-order chi connectivity index (χ0) is 18.7. The van der Waals surface area contributed by atoms with Crippen molar-refractivity contribution < 1.29 is 23.8 Å². The lowest BCUT2D eigenvalue weighted by molar-refractivity contribution is 0.0517. The molecule has 1 aromatic carbocycles. The molecule has 2 heterocycles. The molecule has 3 rings (SSSR count). The first-order chi connectivity index (χ1) is 12.5. The molecule has 1 amide bonds. The summed E-state index contributed by atoms with van der Waals surface area (Å²) in [6.45, 7) is 2.05. The maximum Gasteiger partial charge on any atom is 0.414 e. The zero-order valence-corrected chi connectivity index (χ0v) is 14.3. The number of anilines is 1. The van der Waals surface area contributed by atoms with Gasteiger partial charge in [-0.1, -0.05) is 0 Å². The molecular weight excluding hydrogens is 338 g/mol. The SMILES string of the molecule is COC(=O)c1c[nH]cc1OC(C)C1CN(c2ccc(C#N)cc2)C(=O)O1. The zero-order valence-electron chi connectivity index (χ0n) is 14.3. The lowest BCUT2D eigenvalue weighted by Crippen LogP contribution is -2.33. The van der Waals surface area contributed by atoms with Gasteiger partial charge in [0, 0.05) is 18.1 Å². The van der Waals surface area contributed by atoms with E-state index in [2.05, 4.69) is 4.98 Å². The number of aromatic amines is 1. The number of carbonyl (C=O) groups is 2. The highest BCUT2D eigenvalue weighted by Gasteiger charge is 2.37. The molecule has 8 nitrogen and oxygen atoms in total. The molecule has 2 atom stereocenters. The second kappa shape index (κ2) is 7.19. The average Bonchev–Trinajstić information content (AvgIpc) is 3.27. The Balaban J connectivity index is 1.69. The summed E-state index contributed by atoms with van der Waals surface area (Å²) >= 11 is 0. The minimum atomic E-state index is -0.518. The monoisotopic (exact) mass is 355 g/mol. The van der Waals surface area contributed by atoms with E-state index in [1.165, 1.54) is 24.4 Å². The summed E-state index contributed by atoms with van der Waals surface area (Å²) in [6.07, 6.45) is 1.53. The number of esters is 1. The fourth-order valence-electron chi connectivity index (χ4n) is 2.65. The molecule has 8 heteroatoms. The van der Waals surface area contributed by atoms with Crippen LogP contribution in [0.5, 0.6) is 5.75 Å². The van der Waals surface area contributed by atoms with Gasteiger partial charge in [0.05, 0.1) is 25.3 Å². The second-order valence-corrected chi connectivity index (χ2v) is 5.74. The van der Waals surface area contributed by atoms with Crippen LogP contribution in [0.2, 0.25) is 0 Å². The van der Waals surface area contributed by atoms with E-state index in [0.717, 1.165) is 0 Å². The molecule has 0 bridgehead atoms. The topological polar surface area (TPSA) is 105 Å². The highest BCUT2D eigenvalue weighted by atomic mass is 16.6. The number of H-pyrrole nitrogens is 1. The third-order valence-corrected chi connectivity index (χ3v) is 4.09. The van der Waals surface area contributed by atoms with Crippen LogP contribution in [0.4, 0.5) is 10.5 Å². The van der Waals surface area contributed by atoms with E-state index < -0.39 is 24.3 Å². The molecule has 134 valence electrons. The Morgan fingerprint density at radius 3 is 2.77 bits per heavy atom. The number of cyclic esters (lactones) is 1. The Labute approximate surface area is 149 Å². The quantitative estimate of drug-likeness (QED) is 0.826. The van der Waals surface area contributed by atoms with Crippen molar-refractivity contribution in [2.45, 2.75) is 19.1 Å². The standard InChI is InChI=1S/C18H17N3O5/c1-11(25-15-9-20-8-14(15)17(22)24-2)16-10-21(18(23)26-16)13-5-3-12(7-19)4-6-13/h3-6,8-9,11,16,20H,10H2,1-2H3. The third kappa shape index (κ3) is 3.32. The van der Waals surface area contributed by atoms with E-state index in [9.17, 15) is 9.59 Å². The van der Waals surface area contributed by atoms with Gasteiger partial charge in [-0.25, -0.2) is 9.59 Å². The number of benzene rings is 1. The molecule has 2 aromatic rings. The molecule has 2 unspecified atom stereocenters. The van der Waals surface area contributed by atoms with Crippen LogP contribution in [0.1, 0.15) is 22.8 Å². The average molecular weight is 355 g/mol. The molecular formula is C18H17N3O5. The van der Waals surface area contributed by atoms with Gasteiger partial charge in [0.15, 0.2) is 11.9 Å². The van der Waals surface area contributed by atoms with Crippen LogP contribution in [0.15, 0.2) is 36.7 Å². The molecule has 1 aliphatic rings. The van der Waals surface area contributed by atoms with Crippen molar-refractivity contribution in [2.24, 2.45) is 0 Å². The van der Waals surface area contributed by atoms with Crippen molar-refractivity contribution in [1.82, 2.24) is 4.98 Å². The fraction of sp³-hybridized carbons (Fsp3) is 0.278. The molecule has 0 radical (unpaired) electrons. The number of hydrogen-bond acceptors (Lipinski definition) is 6. The van der Waals surface area contributed by atoms with E-state index in [-0.39, 0.29) is 5.56 Å². The number of ether oxygens (including phenoxy) is 3. The Bertz CT molecular complexity index is 852. The van der Waals surface area contributed by atoms with Gasteiger partial charge in [-0.15, -0.1) is 0 Å². The van der Waals surface area contributed by atoms with Crippen molar-refractivity contribution in [1.29, 1.82) is 5.26 Å². The van der Waals surface area contributed by atoms with Crippen LogP contribution in [0, 0.1) is 11.3 Å². The first kappa shape index (κ1) is 17.4. The number of amides is 1. The number of carbonyl (C=O) groups excluding carboxylic acids is 2. The maximum atomic E-state index is 12.2. The second-order valence-electron chi connectivity index (χ2n) is 5.74. The van der Waals surface area contributed by atoms with Gasteiger partial charge in [0.25, 0.3) is 0 Å². The van der Waals surface area contributed by atoms with Gasteiger partial charge in [-0.3, -0.25) is 4.90 Å². The van der Waals surface area contributed by atoms with Crippen LogP contribution < -0.4 is 9.64 Å². The van der Waals surface area contributed by atoms with Gasteiger partial charge in [-0.2, -0.15) is 5.26 Å². The van der Waals surface area contributed by atoms with Crippen LogP contribution in [0.3, 0.4) is 0 Å². The molecule has 0 saturated carbocycles. The number of aromatic nitrogens is 1. The van der Waals surface area contributed by atoms with E-state index in [1.54, 1.807) is 31.2 Å². The van der Waals surface area contributed by atoms with E-state index in [1.807, 2.05) is 6.07 Å². The summed E-state index contributed by atoms with van der Waals surface area (Å²) in [7, 11) is 1.29. The number of nitrogens with zero attached hydrogens (tertiary/aromatic N) is 2. The predicted molar refractivity (Wildman–Crippen MR) is 91.0 cm³/mol. The highest BCUT2D eigenvalue weighted by molar-refractivity contribution is 5.92. The van der Waals surface area contributed by atoms with Crippen LogP contribution >= 0.6 is 0 Å². The van der Waals surface area contributed by atoms with Crippen molar-refractivity contribution in [3.05, 3.63) is 47.8 Å². The van der Waals surface area contributed by atoms with Crippen molar-refractivity contribution >= 4 is 17.7 Å². The molecule has 0 aliphatic carbocycles. The first-order valence-corrected chi connectivity index (χ1v) is 7.93. The third-order valence-electron chi connectivity index (χ3n) is 4.09. The van der Waals surface area contributed by atoms with E-state index >= 15 is 0 Å². The maximum absolute atomic E-state index is 12.2. The summed E-state index contributed by atoms with van der Waals surface area (Å²) < 4.78 is 15.9. The van der Waals surface area contributed by atoms with Gasteiger partial charge in [0.2, 0.25) is 0 Å². The molecule has 1 saturated heterocycles. The van der Waals surface area contributed by atoms with Crippen molar-refractivity contribution in [3.63, 3.8) is 0 Å². The Morgan fingerprint density at radius 2 is 2.12 bits per heavy atom. The van der Waals surface area contributed by atoms with Gasteiger partial charge in [-0.05, 0) is 31.2 Å².